The number of benzene rings is 4. The molecule has 13 heteroatoms. The van der Waals surface area contributed by atoms with Gasteiger partial charge in [0.15, 0.2) is 0 Å². The average Bonchev–Trinajstić information content (AvgIpc) is 3.19. The number of ether oxygens (including phenoxy) is 3. The molecule has 0 heterocycles. The van der Waals surface area contributed by atoms with Gasteiger partial charge in [0.1, 0.15) is 29.1 Å². The highest BCUT2D eigenvalue weighted by Gasteiger charge is 2.61. The Morgan fingerprint density at radius 2 is 1.02 bits per heavy atom. The average molecular weight is 766 g/mol. The fraction of sp³-hybridized carbons (Fsp3) is 0.326. The molecule has 4 atom stereocenters. The number of carboxylic acid groups (broad SMARTS) is 2. The number of carbonyl (C=O) groups excluding carboxylic acids is 3. The van der Waals surface area contributed by atoms with E-state index in [0.717, 1.165) is 11.1 Å². The molecule has 3 amide bonds. The van der Waals surface area contributed by atoms with Gasteiger partial charge in [0, 0.05) is 32.6 Å². The van der Waals surface area contributed by atoms with Crippen molar-refractivity contribution >= 4 is 29.8 Å². The molecule has 13 nitrogen and oxygen atoms in total. The number of hydrogen-bond donors (Lipinski definition) is 3. The first kappa shape index (κ1) is 40.8. The zero-order valence-corrected chi connectivity index (χ0v) is 31.4. The number of aliphatic carboxylic acids is 1. The molecule has 0 unspecified atom stereocenters. The van der Waals surface area contributed by atoms with Crippen LogP contribution in [0.4, 0.5) is 4.79 Å². The minimum absolute atomic E-state index is 0.154. The Bertz CT molecular complexity index is 1920. The Hall–Kier alpha value is -6.37. The maximum Gasteiger partial charge on any atom is 0.506 e. The summed E-state index contributed by atoms with van der Waals surface area (Å²) in [5.74, 6) is -2.80. The van der Waals surface area contributed by atoms with E-state index in [1.54, 1.807) is 34.1 Å². The molecule has 56 heavy (non-hydrogen) atoms. The number of rotatable bonds is 19. The van der Waals surface area contributed by atoms with Crippen molar-refractivity contribution in [2.75, 3.05) is 13.1 Å². The van der Waals surface area contributed by atoms with Gasteiger partial charge in [0.2, 0.25) is 17.7 Å². The van der Waals surface area contributed by atoms with E-state index in [4.69, 9.17) is 19.3 Å². The Morgan fingerprint density at radius 1 is 0.589 bits per heavy atom. The maximum atomic E-state index is 14.6. The van der Waals surface area contributed by atoms with E-state index in [-0.39, 0.29) is 13.1 Å². The van der Waals surface area contributed by atoms with Crippen molar-refractivity contribution < 1.29 is 48.4 Å². The van der Waals surface area contributed by atoms with E-state index >= 15 is 0 Å². The highest BCUT2D eigenvalue weighted by atomic mass is 16.7. The molecular formula is C43H47N3O10. The van der Waals surface area contributed by atoms with Crippen molar-refractivity contribution in [3.63, 3.8) is 0 Å². The van der Waals surface area contributed by atoms with Crippen LogP contribution in [0, 0.1) is 11.8 Å². The van der Waals surface area contributed by atoms with Crippen LogP contribution in [-0.2, 0) is 37.0 Å². The number of hydrogen-bond acceptors (Lipinski definition) is 8. The second-order valence-corrected chi connectivity index (χ2v) is 13.5. The van der Waals surface area contributed by atoms with Crippen molar-refractivity contribution in [1.82, 2.24) is 15.1 Å². The molecule has 1 fully saturated rings. The summed E-state index contributed by atoms with van der Waals surface area (Å²) in [7, 11) is 0. The first-order chi connectivity index (χ1) is 27.1. The lowest BCUT2D eigenvalue weighted by Crippen LogP contribution is -2.71. The molecule has 0 aromatic heterocycles. The zero-order valence-electron chi connectivity index (χ0n) is 31.4. The monoisotopic (exact) mass is 765 g/mol. The summed E-state index contributed by atoms with van der Waals surface area (Å²) < 4.78 is 17.1. The van der Waals surface area contributed by atoms with Gasteiger partial charge in [-0.2, -0.15) is 0 Å². The number of nitrogens with zero attached hydrogens (tertiary/aromatic N) is 2. The SMILES string of the molecule is CCCN(Cc1ccc(Oc2ccccc2)cc1)C(=O)[C@H]1[C@@H](NC(=O)CCC(=O)O)[C@H](OC(=O)O)[C@@H]1C(=O)N(CCC)Cc1ccc(Oc2ccccc2)cc1. The number of carboxylic acids is 1. The third-order valence-corrected chi connectivity index (χ3v) is 9.34. The summed E-state index contributed by atoms with van der Waals surface area (Å²) in [6.45, 7) is 4.72. The first-order valence-corrected chi connectivity index (χ1v) is 18.7. The van der Waals surface area contributed by atoms with Crippen LogP contribution in [0.15, 0.2) is 109 Å². The lowest BCUT2D eigenvalue weighted by molar-refractivity contribution is -0.174. The summed E-state index contributed by atoms with van der Waals surface area (Å²) in [6, 6.07) is 31.8. The Labute approximate surface area is 325 Å². The highest BCUT2D eigenvalue weighted by molar-refractivity contribution is 5.93. The third-order valence-electron chi connectivity index (χ3n) is 9.34. The molecule has 0 radical (unpaired) electrons. The molecule has 4 aromatic carbocycles. The fourth-order valence-corrected chi connectivity index (χ4v) is 6.74. The van der Waals surface area contributed by atoms with Gasteiger partial charge >= 0.3 is 12.1 Å². The van der Waals surface area contributed by atoms with Gasteiger partial charge in [-0.3, -0.25) is 19.2 Å². The van der Waals surface area contributed by atoms with E-state index in [1.807, 2.05) is 98.8 Å². The molecule has 4 aromatic rings. The normalized spacial score (nSPS) is 17.1. The number of para-hydroxylation sites is 2. The summed E-state index contributed by atoms with van der Waals surface area (Å²) >= 11 is 0. The fourth-order valence-electron chi connectivity index (χ4n) is 6.74. The van der Waals surface area contributed by atoms with Crippen LogP contribution in [0.3, 0.4) is 0 Å². The Kier molecular flexibility index (Phi) is 14.4. The molecule has 3 N–H and O–H groups in total. The Morgan fingerprint density at radius 3 is 1.43 bits per heavy atom. The molecule has 1 aliphatic carbocycles. The highest BCUT2D eigenvalue weighted by Crippen LogP contribution is 2.41. The van der Waals surface area contributed by atoms with Gasteiger partial charge in [-0.1, -0.05) is 74.5 Å². The molecule has 1 aliphatic rings. The van der Waals surface area contributed by atoms with E-state index in [1.165, 1.54) is 0 Å². The van der Waals surface area contributed by atoms with Gasteiger partial charge in [0.25, 0.3) is 0 Å². The number of nitrogens with one attached hydrogen (secondary N) is 1. The predicted octanol–water partition coefficient (Wildman–Crippen LogP) is 7.11. The van der Waals surface area contributed by atoms with Crippen LogP contribution in [-0.4, -0.2) is 75.1 Å². The van der Waals surface area contributed by atoms with Crippen LogP contribution < -0.4 is 14.8 Å². The quantitative estimate of drug-likeness (QED) is 0.0836. The van der Waals surface area contributed by atoms with Crippen molar-refractivity contribution in [2.24, 2.45) is 11.8 Å². The number of carbonyl (C=O) groups is 5. The van der Waals surface area contributed by atoms with Gasteiger partial charge in [-0.25, -0.2) is 4.79 Å². The molecule has 0 spiro atoms. The van der Waals surface area contributed by atoms with Gasteiger partial charge < -0.3 is 39.5 Å². The van der Waals surface area contributed by atoms with E-state index < -0.39 is 66.7 Å². The molecule has 0 bridgehead atoms. The molecule has 5 rings (SSSR count). The summed E-state index contributed by atoms with van der Waals surface area (Å²) in [5, 5.41) is 21.6. The second-order valence-electron chi connectivity index (χ2n) is 13.5. The molecular weight excluding hydrogens is 718 g/mol. The number of amides is 3. The van der Waals surface area contributed by atoms with Gasteiger partial charge in [-0.15, -0.1) is 0 Å². The molecule has 294 valence electrons. The molecule has 0 aliphatic heterocycles. The van der Waals surface area contributed by atoms with Gasteiger partial charge in [0.05, 0.1) is 24.3 Å². The smallest absolute Gasteiger partial charge is 0.481 e. The van der Waals surface area contributed by atoms with Crippen molar-refractivity contribution in [3.8, 4) is 23.0 Å². The molecule has 0 saturated heterocycles. The minimum atomic E-state index is -1.68. The Balaban J connectivity index is 1.40. The lowest BCUT2D eigenvalue weighted by atomic mass is 9.64. The van der Waals surface area contributed by atoms with E-state index in [9.17, 15) is 29.1 Å². The second kappa shape index (κ2) is 19.8. The van der Waals surface area contributed by atoms with Crippen LogP contribution in [0.2, 0.25) is 0 Å². The third kappa shape index (κ3) is 11.1. The lowest BCUT2D eigenvalue weighted by Gasteiger charge is -2.50. The summed E-state index contributed by atoms with van der Waals surface area (Å²) in [4.78, 5) is 68.5. The van der Waals surface area contributed by atoms with Crippen molar-refractivity contribution in [3.05, 3.63) is 120 Å². The van der Waals surface area contributed by atoms with Crippen LogP contribution in [0.5, 0.6) is 23.0 Å². The van der Waals surface area contributed by atoms with Gasteiger partial charge in [-0.05, 0) is 72.5 Å². The predicted molar refractivity (Wildman–Crippen MR) is 206 cm³/mol. The summed E-state index contributed by atoms with van der Waals surface area (Å²) in [6.07, 6.45) is -2.83. The van der Waals surface area contributed by atoms with Crippen LogP contribution in [0.25, 0.3) is 0 Å². The largest absolute Gasteiger partial charge is 0.506 e. The van der Waals surface area contributed by atoms with E-state index in [0.29, 0.717) is 48.9 Å². The van der Waals surface area contributed by atoms with Crippen molar-refractivity contribution in [2.45, 2.75) is 64.8 Å². The topological polar surface area (TPSA) is 172 Å². The van der Waals surface area contributed by atoms with Crippen LogP contribution >= 0.6 is 0 Å². The van der Waals surface area contributed by atoms with Crippen molar-refractivity contribution in [1.29, 1.82) is 0 Å². The van der Waals surface area contributed by atoms with Crippen LogP contribution in [0.1, 0.15) is 50.7 Å². The zero-order chi connectivity index (χ0) is 40.0. The minimum Gasteiger partial charge on any atom is -0.481 e. The first-order valence-electron chi connectivity index (χ1n) is 18.7. The van der Waals surface area contributed by atoms with E-state index in [2.05, 4.69) is 5.32 Å². The molecule has 1 saturated carbocycles. The standard InChI is InChI=1S/C43H47N3O10/c1-3-25-45(27-29-15-19-33(20-16-29)54-31-11-7-5-8-12-31)41(50)37-38(40(56-43(52)53)39(37)44-35(47)23-24-36(48)49)42(51)46(26-4-2)28-30-17-21-34(22-18-30)55-32-13-9-6-10-14-32/h5-22,37-40H,3-4,23-28H2,1-2H3,(H,44,47)(H,48,49)(H,52,53)/t37-,38-,39-,40-/m1/s1. The maximum absolute atomic E-state index is 14.6. The summed E-state index contributed by atoms with van der Waals surface area (Å²) in [5.41, 5.74) is 1.55.